The van der Waals surface area contributed by atoms with Crippen molar-refractivity contribution >= 4 is 21.6 Å². The second-order valence-electron chi connectivity index (χ2n) is 7.58. The zero-order valence-electron chi connectivity index (χ0n) is 15.5. The Labute approximate surface area is 157 Å². The van der Waals surface area contributed by atoms with Crippen molar-refractivity contribution in [3.8, 4) is 0 Å². The average molecular weight is 379 g/mol. The highest BCUT2D eigenvalue weighted by molar-refractivity contribution is 7.89. The topological polar surface area (TPSA) is 66.5 Å². The quantitative estimate of drug-likeness (QED) is 0.808. The molecule has 144 valence electrons. The molecule has 1 saturated heterocycles. The lowest BCUT2D eigenvalue weighted by Crippen LogP contribution is -2.35. The molecule has 1 aliphatic carbocycles. The van der Waals surface area contributed by atoms with Crippen LogP contribution in [-0.4, -0.2) is 31.7 Å². The number of benzene rings is 1. The molecule has 5 nitrogen and oxygen atoms in total. The molecule has 26 heavy (non-hydrogen) atoms. The van der Waals surface area contributed by atoms with Crippen molar-refractivity contribution in [2.45, 2.75) is 69.1 Å². The standard InChI is InChI=1S/C20H30N2O3S/c23-20(13-12-17-8-3-1-4-9-17)21-18-10-7-11-19(16-18)26(24,25)22-14-5-2-6-15-22/h7,10-11,16-17H,1-6,8-9,12-15H2,(H,21,23). The summed E-state index contributed by atoms with van der Waals surface area (Å²) >= 11 is 0. The van der Waals surface area contributed by atoms with Crippen molar-refractivity contribution in [1.82, 2.24) is 4.31 Å². The summed E-state index contributed by atoms with van der Waals surface area (Å²) < 4.78 is 27.1. The van der Waals surface area contributed by atoms with Crippen LogP contribution in [0, 0.1) is 5.92 Å². The van der Waals surface area contributed by atoms with Gasteiger partial charge < -0.3 is 5.32 Å². The van der Waals surface area contributed by atoms with Gasteiger partial charge in [0, 0.05) is 25.2 Å². The Kier molecular flexibility index (Phi) is 6.70. The van der Waals surface area contributed by atoms with E-state index >= 15 is 0 Å². The summed E-state index contributed by atoms with van der Waals surface area (Å²) in [6.45, 7) is 1.17. The summed E-state index contributed by atoms with van der Waals surface area (Å²) in [5.41, 5.74) is 0.566. The fourth-order valence-corrected chi connectivity index (χ4v) is 5.59. The number of hydrogen-bond acceptors (Lipinski definition) is 3. The minimum Gasteiger partial charge on any atom is -0.326 e. The van der Waals surface area contributed by atoms with Gasteiger partial charge in [0.1, 0.15) is 0 Å². The number of piperidine rings is 1. The molecule has 1 N–H and O–H groups in total. The highest BCUT2D eigenvalue weighted by Crippen LogP contribution is 2.27. The van der Waals surface area contributed by atoms with Crippen LogP contribution in [0.3, 0.4) is 0 Å². The smallest absolute Gasteiger partial charge is 0.243 e. The van der Waals surface area contributed by atoms with E-state index in [1.165, 1.54) is 32.1 Å². The van der Waals surface area contributed by atoms with E-state index in [0.717, 1.165) is 25.7 Å². The number of anilines is 1. The molecule has 2 aliphatic rings. The summed E-state index contributed by atoms with van der Waals surface area (Å²) in [4.78, 5) is 12.5. The van der Waals surface area contributed by atoms with Crippen LogP contribution in [0.4, 0.5) is 5.69 Å². The maximum absolute atomic E-state index is 12.8. The minimum atomic E-state index is -3.47. The van der Waals surface area contributed by atoms with Gasteiger partial charge in [0.25, 0.3) is 0 Å². The first-order chi connectivity index (χ1) is 12.6. The number of rotatable bonds is 6. The number of hydrogen-bond donors (Lipinski definition) is 1. The predicted octanol–water partition coefficient (Wildman–Crippen LogP) is 4.16. The number of amides is 1. The van der Waals surface area contributed by atoms with Crippen LogP contribution >= 0.6 is 0 Å². The molecule has 1 saturated carbocycles. The van der Waals surface area contributed by atoms with Crippen LogP contribution in [-0.2, 0) is 14.8 Å². The van der Waals surface area contributed by atoms with E-state index in [4.69, 9.17) is 0 Å². The van der Waals surface area contributed by atoms with Crippen molar-refractivity contribution < 1.29 is 13.2 Å². The Morgan fingerprint density at radius 2 is 1.73 bits per heavy atom. The first kappa shape index (κ1) is 19.4. The maximum Gasteiger partial charge on any atom is 0.243 e. The second kappa shape index (κ2) is 9.00. The van der Waals surface area contributed by atoms with E-state index in [1.807, 2.05) is 0 Å². The summed E-state index contributed by atoms with van der Waals surface area (Å²) in [7, 11) is -3.47. The Balaban J connectivity index is 1.58. The third-order valence-corrected chi connectivity index (χ3v) is 7.47. The van der Waals surface area contributed by atoms with E-state index in [0.29, 0.717) is 31.1 Å². The average Bonchev–Trinajstić information content (AvgIpc) is 2.68. The summed E-state index contributed by atoms with van der Waals surface area (Å²) in [6.07, 6.45) is 10.7. The van der Waals surface area contributed by atoms with E-state index in [2.05, 4.69) is 5.32 Å². The highest BCUT2D eigenvalue weighted by Gasteiger charge is 2.26. The van der Waals surface area contributed by atoms with Gasteiger partial charge in [0.05, 0.1) is 4.90 Å². The van der Waals surface area contributed by atoms with Crippen LogP contribution < -0.4 is 5.32 Å². The largest absolute Gasteiger partial charge is 0.326 e. The van der Waals surface area contributed by atoms with Crippen LogP contribution in [0.5, 0.6) is 0 Å². The number of nitrogens with zero attached hydrogens (tertiary/aromatic N) is 1. The van der Waals surface area contributed by atoms with Gasteiger partial charge in [0.2, 0.25) is 15.9 Å². The Morgan fingerprint density at radius 1 is 1.04 bits per heavy atom. The molecule has 6 heteroatoms. The van der Waals surface area contributed by atoms with E-state index in [-0.39, 0.29) is 10.8 Å². The normalized spacial score (nSPS) is 20.0. The zero-order chi connectivity index (χ0) is 18.4. The molecule has 1 aromatic rings. The lowest BCUT2D eigenvalue weighted by molar-refractivity contribution is -0.116. The second-order valence-corrected chi connectivity index (χ2v) is 9.52. The first-order valence-corrected chi connectivity index (χ1v) is 11.4. The molecule has 1 aromatic carbocycles. The predicted molar refractivity (Wildman–Crippen MR) is 103 cm³/mol. The Bertz CT molecular complexity index is 706. The van der Waals surface area contributed by atoms with Crippen molar-refractivity contribution in [1.29, 1.82) is 0 Å². The van der Waals surface area contributed by atoms with Gasteiger partial charge in [-0.05, 0) is 43.4 Å². The Morgan fingerprint density at radius 3 is 2.46 bits per heavy atom. The molecule has 0 bridgehead atoms. The SMILES string of the molecule is O=C(CCC1CCCCC1)Nc1cccc(S(=O)(=O)N2CCCCC2)c1. The molecule has 0 radical (unpaired) electrons. The molecule has 0 aromatic heterocycles. The minimum absolute atomic E-state index is 0.0249. The molecule has 3 rings (SSSR count). The molecule has 0 atom stereocenters. The van der Waals surface area contributed by atoms with Crippen LogP contribution in [0.1, 0.15) is 64.2 Å². The third-order valence-electron chi connectivity index (χ3n) is 5.57. The van der Waals surface area contributed by atoms with Crippen molar-refractivity contribution in [2.75, 3.05) is 18.4 Å². The number of nitrogens with one attached hydrogen (secondary N) is 1. The fraction of sp³-hybridized carbons (Fsp3) is 0.650. The van der Waals surface area contributed by atoms with Gasteiger partial charge in [-0.1, -0.05) is 44.6 Å². The molecule has 1 heterocycles. The van der Waals surface area contributed by atoms with Crippen molar-refractivity contribution in [3.63, 3.8) is 0 Å². The highest BCUT2D eigenvalue weighted by atomic mass is 32.2. The third kappa shape index (κ3) is 5.07. The Hall–Kier alpha value is -1.40. The van der Waals surface area contributed by atoms with Gasteiger partial charge in [-0.3, -0.25) is 4.79 Å². The van der Waals surface area contributed by atoms with E-state index in [9.17, 15) is 13.2 Å². The molecule has 1 amide bonds. The van der Waals surface area contributed by atoms with Gasteiger partial charge >= 0.3 is 0 Å². The number of carbonyl (C=O) groups is 1. The lowest BCUT2D eigenvalue weighted by atomic mass is 9.86. The maximum atomic E-state index is 12.8. The molecule has 2 fully saturated rings. The van der Waals surface area contributed by atoms with E-state index < -0.39 is 10.0 Å². The molecular formula is C20H30N2O3S. The summed E-state index contributed by atoms with van der Waals surface area (Å²) in [6, 6.07) is 6.66. The molecule has 1 aliphatic heterocycles. The van der Waals surface area contributed by atoms with Crippen molar-refractivity contribution in [2.24, 2.45) is 5.92 Å². The monoisotopic (exact) mass is 378 g/mol. The molecule has 0 unspecified atom stereocenters. The first-order valence-electron chi connectivity index (χ1n) is 9.96. The number of sulfonamides is 1. The van der Waals surface area contributed by atoms with Gasteiger partial charge in [0.15, 0.2) is 0 Å². The van der Waals surface area contributed by atoms with E-state index in [1.54, 1.807) is 28.6 Å². The van der Waals surface area contributed by atoms with Crippen LogP contribution in [0.15, 0.2) is 29.2 Å². The van der Waals surface area contributed by atoms with Gasteiger partial charge in [-0.15, -0.1) is 0 Å². The number of carbonyl (C=O) groups excluding carboxylic acids is 1. The van der Waals surface area contributed by atoms with Crippen LogP contribution in [0.25, 0.3) is 0 Å². The van der Waals surface area contributed by atoms with Gasteiger partial charge in [-0.2, -0.15) is 4.31 Å². The fourth-order valence-electron chi connectivity index (χ4n) is 4.02. The summed E-state index contributed by atoms with van der Waals surface area (Å²) in [5, 5.41) is 2.88. The van der Waals surface area contributed by atoms with Crippen molar-refractivity contribution in [3.05, 3.63) is 24.3 Å². The lowest BCUT2D eigenvalue weighted by Gasteiger charge is -2.26. The molecule has 0 spiro atoms. The van der Waals surface area contributed by atoms with Crippen LogP contribution in [0.2, 0.25) is 0 Å². The zero-order valence-corrected chi connectivity index (χ0v) is 16.3. The van der Waals surface area contributed by atoms with Gasteiger partial charge in [-0.25, -0.2) is 8.42 Å². The summed E-state index contributed by atoms with van der Waals surface area (Å²) in [5.74, 6) is 0.642. The molecular weight excluding hydrogens is 348 g/mol.